The number of hydrogen-bond acceptors (Lipinski definition) is 4. The molecule has 1 aromatic rings. The van der Waals surface area contributed by atoms with Crippen molar-refractivity contribution in [3.63, 3.8) is 0 Å². The number of carbonyl (C=O) groups excluding carboxylic acids is 1. The maximum Gasteiger partial charge on any atom is 1.00 e. The molecule has 0 amide bonds. The van der Waals surface area contributed by atoms with Crippen molar-refractivity contribution in [3.8, 4) is 11.5 Å². The van der Waals surface area contributed by atoms with Crippen LogP contribution in [0.1, 0.15) is 58.9 Å². The zero-order valence-corrected chi connectivity index (χ0v) is 15.9. The standard InChI is InChI=1S/C15H20O5.K/c1-3-4-5-6-7-20-12-8-10(2)13(15(18)19)14(17)11(12)9-16;/h8-9,17H,3-7H2,1-2H3,(H,18,19);/q;+1/p-1. The molecule has 0 aliphatic rings. The third-order valence-electron chi connectivity index (χ3n) is 3.07. The minimum Gasteiger partial charge on any atom is -0.871 e. The van der Waals surface area contributed by atoms with Gasteiger partial charge in [-0.2, -0.15) is 0 Å². The summed E-state index contributed by atoms with van der Waals surface area (Å²) in [6, 6.07) is 1.44. The van der Waals surface area contributed by atoms with Gasteiger partial charge in [0.15, 0.2) is 6.29 Å². The number of unbranched alkanes of at least 4 members (excludes halogenated alkanes) is 3. The van der Waals surface area contributed by atoms with E-state index < -0.39 is 11.7 Å². The van der Waals surface area contributed by atoms with Crippen molar-refractivity contribution >= 4 is 12.3 Å². The van der Waals surface area contributed by atoms with Gasteiger partial charge in [0, 0.05) is 5.56 Å². The number of aryl methyl sites for hydroxylation is 1. The maximum atomic E-state index is 11.9. The van der Waals surface area contributed by atoms with Gasteiger partial charge in [0.05, 0.1) is 12.2 Å². The summed E-state index contributed by atoms with van der Waals surface area (Å²) in [5, 5.41) is 20.9. The second-order valence-corrected chi connectivity index (χ2v) is 4.64. The topological polar surface area (TPSA) is 86.7 Å². The minimum absolute atomic E-state index is 0. The van der Waals surface area contributed by atoms with Crippen LogP contribution in [-0.2, 0) is 0 Å². The van der Waals surface area contributed by atoms with Gasteiger partial charge >= 0.3 is 57.4 Å². The summed E-state index contributed by atoms with van der Waals surface area (Å²) in [6.45, 7) is 4.03. The largest absolute Gasteiger partial charge is 1.00 e. The Balaban J connectivity index is 0.00000400. The Kier molecular flexibility index (Phi) is 10.1. The Morgan fingerprint density at radius 1 is 1.38 bits per heavy atom. The van der Waals surface area contributed by atoms with Crippen LogP contribution >= 0.6 is 0 Å². The molecule has 0 unspecified atom stereocenters. The predicted octanol–water partition coefficient (Wildman–Crippen LogP) is -0.458. The quantitative estimate of drug-likeness (QED) is 0.398. The maximum absolute atomic E-state index is 11.9. The number of ether oxygens (including phenoxy) is 1. The smallest absolute Gasteiger partial charge is 0.871 e. The molecule has 21 heavy (non-hydrogen) atoms. The Hall–Kier alpha value is -0.404. The average Bonchev–Trinajstić information content (AvgIpc) is 2.37. The summed E-state index contributed by atoms with van der Waals surface area (Å²) in [5.74, 6) is -1.94. The first kappa shape index (κ1) is 20.6. The summed E-state index contributed by atoms with van der Waals surface area (Å²) < 4.78 is 5.45. The van der Waals surface area contributed by atoms with E-state index in [-0.39, 0.29) is 68.3 Å². The van der Waals surface area contributed by atoms with Crippen LogP contribution < -0.4 is 61.2 Å². The van der Waals surface area contributed by atoms with Gasteiger partial charge in [-0.3, -0.25) is 4.79 Å². The molecule has 0 aromatic heterocycles. The molecule has 0 bridgehead atoms. The summed E-state index contributed by atoms with van der Waals surface area (Å²) in [6.07, 6.45) is 4.42. The fourth-order valence-electron chi connectivity index (χ4n) is 1.98. The van der Waals surface area contributed by atoms with Crippen molar-refractivity contribution in [2.45, 2.75) is 39.5 Å². The number of benzene rings is 1. The van der Waals surface area contributed by atoms with Gasteiger partial charge in [0.1, 0.15) is 5.75 Å². The summed E-state index contributed by atoms with van der Waals surface area (Å²) >= 11 is 0. The van der Waals surface area contributed by atoms with E-state index in [0.29, 0.717) is 18.5 Å². The van der Waals surface area contributed by atoms with E-state index in [1.807, 2.05) is 0 Å². The minimum atomic E-state index is -1.33. The number of aldehydes is 1. The molecule has 0 aliphatic heterocycles. The van der Waals surface area contributed by atoms with Crippen LogP contribution in [0.3, 0.4) is 0 Å². The van der Waals surface area contributed by atoms with Crippen LogP contribution in [0.25, 0.3) is 0 Å². The Labute approximate surface area is 167 Å². The third-order valence-corrected chi connectivity index (χ3v) is 3.07. The zero-order chi connectivity index (χ0) is 15.1. The van der Waals surface area contributed by atoms with E-state index in [0.717, 1.165) is 25.7 Å². The molecular weight excluding hydrogens is 299 g/mol. The van der Waals surface area contributed by atoms with Crippen LogP contribution in [0.15, 0.2) is 6.07 Å². The molecule has 6 heteroatoms. The molecule has 0 spiro atoms. The number of aromatic carboxylic acids is 1. The second-order valence-electron chi connectivity index (χ2n) is 4.64. The summed E-state index contributed by atoms with van der Waals surface area (Å²) in [5.41, 5.74) is -0.286. The molecular formula is C15H19KO5. The van der Waals surface area contributed by atoms with Crippen LogP contribution in [0, 0.1) is 6.92 Å². The molecule has 0 saturated carbocycles. The average molecular weight is 318 g/mol. The fourth-order valence-corrected chi connectivity index (χ4v) is 1.98. The van der Waals surface area contributed by atoms with Crippen molar-refractivity contribution < 1.29 is 75.9 Å². The second kappa shape index (κ2) is 10.3. The molecule has 110 valence electrons. The van der Waals surface area contributed by atoms with Crippen molar-refractivity contribution in [1.82, 2.24) is 0 Å². The van der Waals surface area contributed by atoms with E-state index in [1.54, 1.807) is 0 Å². The predicted molar refractivity (Wildman–Crippen MR) is 72.6 cm³/mol. The molecule has 1 N–H and O–H groups in total. The Morgan fingerprint density at radius 3 is 2.57 bits per heavy atom. The van der Waals surface area contributed by atoms with Gasteiger partial charge in [-0.1, -0.05) is 31.9 Å². The first-order chi connectivity index (χ1) is 9.52. The molecule has 0 saturated heterocycles. The van der Waals surface area contributed by atoms with Crippen LogP contribution in [0.2, 0.25) is 0 Å². The number of carboxylic acid groups (broad SMARTS) is 1. The monoisotopic (exact) mass is 318 g/mol. The first-order valence-electron chi connectivity index (χ1n) is 6.68. The first-order valence-corrected chi connectivity index (χ1v) is 6.68. The van der Waals surface area contributed by atoms with E-state index >= 15 is 0 Å². The van der Waals surface area contributed by atoms with Gasteiger partial charge in [-0.15, -0.1) is 0 Å². The van der Waals surface area contributed by atoms with Gasteiger partial charge in [0.2, 0.25) is 0 Å². The van der Waals surface area contributed by atoms with Crippen LogP contribution in [-0.4, -0.2) is 24.0 Å². The van der Waals surface area contributed by atoms with Crippen LogP contribution in [0.5, 0.6) is 11.5 Å². The Bertz CT molecular complexity index is 499. The summed E-state index contributed by atoms with van der Waals surface area (Å²) in [4.78, 5) is 22.0. The van der Waals surface area contributed by atoms with Gasteiger partial charge < -0.3 is 14.9 Å². The van der Waals surface area contributed by atoms with E-state index in [2.05, 4.69) is 6.92 Å². The zero-order valence-electron chi connectivity index (χ0n) is 12.8. The summed E-state index contributed by atoms with van der Waals surface area (Å²) in [7, 11) is 0. The molecule has 0 heterocycles. The molecule has 0 radical (unpaired) electrons. The van der Waals surface area contributed by atoms with Crippen molar-refractivity contribution in [3.05, 3.63) is 22.8 Å². The van der Waals surface area contributed by atoms with E-state index in [9.17, 15) is 14.7 Å². The van der Waals surface area contributed by atoms with Gasteiger partial charge in [-0.05, 0) is 25.0 Å². The normalized spacial score (nSPS) is 9.81. The molecule has 0 atom stereocenters. The molecule has 0 aliphatic carbocycles. The SMILES string of the molecule is CCCCCCOc1cc(C)c(C(=O)O)c([O-])c1C=O.[K+]. The third kappa shape index (κ3) is 5.71. The van der Waals surface area contributed by atoms with Crippen molar-refractivity contribution in [2.75, 3.05) is 6.61 Å². The number of carboxylic acids is 1. The van der Waals surface area contributed by atoms with Crippen molar-refractivity contribution in [2.24, 2.45) is 0 Å². The molecule has 1 aromatic carbocycles. The molecule has 1 rings (SSSR count). The molecule has 0 fully saturated rings. The van der Waals surface area contributed by atoms with Crippen LogP contribution in [0.4, 0.5) is 0 Å². The van der Waals surface area contributed by atoms with Gasteiger partial charge in [0.25, 0.3) is 0 Å². The number of rotatable bonds is 8. The molecule has 5 nitrogen and oxygen atoms in total. The number of carbonyl (C=O) groups is 2. The fraction of sp³-hybridized carbons (Fsp3) is 0.467. The van der Waals surface area contributed by atoms with Gasteiger partial charge in [-0.25, -0.2) is 4.79 Å². The number of hydrogen-bond donors (Lipinski definition) is 1. The van der Waals surface area contributed by atoms with E-state index in [4.69, 9.17) is 9.84 Å². The van der Waals surface area contributed by atoms with Crippen molar-refractivity contribution in [1.29, 1.82) is 0 Å². The Morgan fingerprint density at radius 2 is 2.05 bits per heavy atom. The van der Waals surface area contributed by atoms with E-state index in [1.165, 1.54) is 13.0 Å².